The van der Waals surface area contributed by atoms with Crippen molar-refractivity contribution >= 4 is 33.3 Å². The number of rotatable bonds is 0. The lowest BCUT2D eigenvalue weighted by molar-refractivity contribution is 0.0934. The molecular weight excluding hydrogens is 306 g/mol. The van der Waals surface area contributed by atoms with Crippen LogP contribution >= 0.6 is 27.5 Å². The first-order valence-electron chi connectivity index (χ1n) is 5.51. The molecule has 0 radical (unpaired) electrons. The Balaban J connectivity index is 2.63. The Kier molecular flexibility index (Phi) is 3.34. The first-order chi connectivity index (χ1) is 7.82. The standard InChI is InChI=1S/C13H13BrClFO/c1-13(2)4-3-7-9(16)5-8(14)12(15)11(7)10(17)6-13/h5H,3-4,6H2,1-2H3. The highest BCUT2D eigenvalue weighted by molar-refractivity contribution is 9.10. The van der Waals surface area contributed by atoms with Gasteiger partial charge in [0.1, 0.15) is 5.82 Å². The maximum Gasteiger partial charge on any atom is 0.165 e. The predicted octanol–water partition coefficient (Wildman–Crippen LogP) is 4.79. The molecule has 1 aliphatic carbocycles. The topological polar surface area (TPSA) is 17.1 Å². The minimum atomic E-state index is -0.345. The van der Waals surface area contributed by atoms with E-state index < -0.39 is 0 Å². The van der Waals surface area contributed by atoms with E-state index in [1.165, 1.54) is 6.07 Å². The van der Waals surface area contributed by atoms with Crippen LogP contribution < -0.4 is 0 Å². The van der Waals surface area contributed by atoms with Gasteiger partial charge in [-0.25, -0.2) is 4.39 Å². The monoisotopic (exact) mass is 318 g/mol. The van der Waals surface area contributed by atoms with Crippen molar-refractivity contribution in [2.75, 3.05) is 0 Å². The summed E-state index contributed by atoms with van der Waals surface area (Å²) in [6.45, 7) is 4.05. The Morgan fingerprint density at radius 2 is 2.12 bits per heavy atom. The van der Waals surface area contributed by atoms with Crippen LogP contribution in [0.25, 0.3) is 0 Å². The van der Waals surface area contributed by atoms with E-state index in [1.54, 1.807) is 0 Å². The molecule has 0 saturated heterocycles. The number of Topliss-reactive ketones (excluding diaryl/α,β-unsaturated/α-hetero) is 1. The molecule has 0 unspecified atom stereocenters. The molecule has 0 heterocycles. The van der Waals surface area contributed by atoms with Crippen molar-refractivity contribution in [3.8, 4) is 0 Å². The van der Waals surface area contributed by atoms with Crippen LogP contribution in [-0.2, 0) is 6.42 Å². The quantitative estimate of drug-likeness (QED) is 0.496. The molecule has 0 atom stereocenters. The fourth-order valence-electron chi connectivity index (χ4n) is 2.24. The Morgan fingerprint density at radius 3 is 2.76 bits per heavy atom. The molecule has 0 aliphatic heterocycles. The smallest absolute Gasteiger partial charge is 0.165 e. The molecule has 0 bridgehead atoms. The molecular formula is C13H13BrClFO. The zero-order valence-corrected chi connectivity index (χ0v) is 12.1. The van der Waals surface area contributed by atoms with Gasteiger partial charge in [-0.3, -0.25) is 4.79 Å². The lowest BCUT2D eigenvalue weighted by atomic mass is 9.84. The molecule has 0 amide bonds. The summed E-state index contributed by atoms with van der Waals surface area (Å²) in [5.41, 5.74) is 0.733. The van der Waals surface area contributed by atoms with Crippen LogP contribution in [0.3, 0.4) is 0 Å². The number of ketones is 1. The summed E-state index contributed by atoms with van der Waals surface area (Å²) in [4.78, 5) is 12.2. The van der Waals surface area contributed by atoms with Gasteiger partial charge in [-0.2, -0.15) is 0 Å². The van der Waals surface area contributed by atoms with E-state index in [-0.39, 0.29) is 17.0 Å². The SMILES string of the molecule is CC1(C)CCc2c(F)cc(Br)c(Cl)c2C(=O)C1. The van der Waals surface area contributed by atoms with Crippen LogP contribution in [0.15, 0.2) is 10.5 Å². The fourth-order valence-corrected chi connectivity index (χ4v) is 2.92. The second-order valence-corrected chi connectivity index (χ2v) is 6.50. The Morgan fingerprint density at radius 1 is 1.47 bits per heavy atom. The largest absolute Gasteiger partial charge is 0.294 e. The average molecular weight is 320 g/mol. The second kappa shape index (κ2) is 4.36. The molecule has 4 heteroatoms. The highest BCUT2D eigenvalue weighted by Gasteiger charge is 2.31. The highest BCUT2D eigenvalue weighted by Crippen LogP contribution is 2.39. The number of hydrogen-bond donors (Lipinski definition) is 0. The number of benzene rings is 1. The average Bonchev–Trinajstić information content (AvgIpc) is 2.31. The van der Waals surface area contributed by atoms with Gasteiger partial charge in [0.15, 0.2) is 5.78 Å². The van der Waals surface area contributed by atoms with Crippen LogP contribution in [0.2, 0.25) is 5.02 Å². The van der Waals surface area contributed by atoms with E-state index in [0.29, 0.717) is 33.5 Å². The Bertz CT molecular complexity index is 497. The molecule has 17 heavy (non-hydrogen) atoms. The highest BCUT2D eigenvalue weighted by atomic mass is 79.9. The van der Waals surface area contributed by atoms with Crippen LogP contribution in [-0.4, -0.2) is 5.78 Å². The number of halogens is 3. The van der Waals surface area contributed by atoms with Gasteiger partial charge in [0, 0.05) is 22.0 Å². The maximum atomic E-state index is 13.9. The van der Waals surface area contributed by atoms with Crippen LogP contribution in [0.5, 0.6) is 0 Å². The summed E-state index contributed by atoms with van der Waals surface area (Å²) < 4.78 is 14.3. The van der Waals surface area contributed by atoms with Gasteiger partial charge in [-0.1, -0.05) is 25.4 Å². The molecule has 1 nitrogen and oxygen atoms in total. The van der Waals surface area contributed by atoms with Crippen LogP contribution in [0.1, 0.15) is 42.6 Å². The number of carbonyl (C=O) groups is 1. The van der Waals surface area contributed by atoms with E-state index in [4.69, 9.17) is 11.6 Å². The summed E-state index contributed by atoms with van der Waals surface area (Å²) in [5, 5.41) is 0.337. The molecule has 0 aromatic heterocycles. The Labute approximate surface area is 113 Å². The third-order valence-corrected chi connectivity index (χ3v) is 4.49. The molecule has 0 fully saturated rings. The number of fused-ring (bicyclic) bond motifs is 1. The van der Waals surface area contributed by atoms with Crippen molar-refractivity contribution in [3.63, 3.8) is 0 Å². The summed E-state index contributed by atoms with van der Waals surface area (Å²) in [7, 11) is 0. The Hall–Kier alpha value is -0.410. The van der Waals surface area contributed by atoms with Gasteiger partial charge >= 0.3 is 0 Å². The molecule has 0 N–H and O–H groups in total. The van der Waals surface area contributed by atoms with E-state index in [2.05, 4.69) is 15.9 Å². The summed E-state index contributed by atoms with van der Waals surface area (Å²) >= 11 is 9.29. The van der Waals surface area contributed by atoms with Crippen molar-refractivity contribution in [2.24, 2.45) is 5.41 Å². The molecule has 92 valence electrons. The van der Waals surface area contributed by atoms with Crippen LogP contribution in [0, 0.1) is 11.2 Å². The minimum Gasteiger partial charge on any atom is -0.294 e. The second-order valence-electron chi connectivity index (χ2n) is 5.27. The lowest BCUT2D eigenvalue weighted by Crippen LogP contribution is -2.14. The van der Waals surface area contributed by atoms with Gasteiger partial charge in [0.25, 0.3) is 0 Å². The van der Waals surface area contributed by atoms with Crippen molar-refractivity contribution in [3.05, 3.63) is 32.5 Å². The normalized spacial score (nSPS) is 18.8. The fraction of sp³-hybridized carbons (Fsp3) is 0.462. The summed E-state index contributed by atoms with van der Waals surface area (Å²) in [6.07, 6.45) is 1.77. The van der Waals surface area contributed by atoms with E-state index in [1.807, 2.05) is 13.8 Å². The van der Waals surface area contributed by atoms with Crippen molar-refractivity contribution < 1.29 is 9.18 Å². The molecule has 0 saturated carbocycles. The van der Waals surface area contributed by atoms with Crippen LogP contribution in [0.4, 0.5) is 4.39 Å². The molecule has 1 aliphatic rings. The lowest BCUT2D eigenvalue weighted by Gasteiger charge is -2.20. The predicted molar refractivity (Wildman–Crippen MR) is 70.2 cm³/mol. The van der Waals surface area contributed by atoms with Crippen molar-refractivity contribution in [1.29, 1.82) is 0 Å². The van der Waals surface area contributed by atoms with E-state index >= 15 is 0 Å². The minimum absolute atomic E-state index is 0.0623. The van der Waals surface area contributed by atoms with Crippen molar-refractivity contribution in [2.45, 2.75) is 33.1 Å². The maximum absolute atomic E-state index is 13.9. The summed E-state index contributed by atoms with van der Waals surface area (Å²) in [6, 6.07) is 1.34. The third-order valence-electron chi connectivity index (χ3n) is 3.24. The van der Waals surface area contributed by atoms with Gasteiger partial charge in [0.2, 0.25) is 0 Å². The first kappa shape index (κ1) is 13.0. The molecule has 0 spiro atoms. The van der Waals surface area contributed by atoms with Crippen molar-refractivity contribution in [1.82, 2.24) is 0 Å². The zero-order valence-electron chi connectivity index (χ0n) is 9.74. The zero-order chi connectivity index (χ0) is 12.8. The number of hydrogen-bond acceptors (Lipinski definition) is 1. The van der Waals surface area contributed by atoms with E-state index in [9.17, 15) is 9.18 Å². The first-order valence-corrected chi connectivity index (χ1v) is 6.68. The van der Waals surface area contributed by atoms with E-state index in [0.717, 1.165) is 6.42 Å². The summed E-state index contributed by atoms with van der Waals surface area (Å²) in [5.74, 6) is -0.407. The molecule has 1 aromatic rings. The van der Waals surface area contributed by atoms with Gasteiger partial charge in [-0.05, 0) is 40.3 Å². The number of carbonyl (C=O) groups excluding carboxylic acids is 1. The molecule has 2 rings (SSSR count). The third kappa shape index (κ3) is 2.41. The van der Waals surface area contributed by atoms with Gasteiger partial charge in [0.05, 0.1) is 5.02 Å². The molecule has 1 aromatic carbocycles. The van der Waals surface area contributed by atoms with Gasteiger partial charge < -0.3 is 0 Å². The van der Waals surface area contributed by atoms with Gasteiger partial charge in [-0.15, -0.1) is 0 Å².